The first-order valence-corrected chi connectivity index (χ1v) is 13.5. The Morgan fingerprint density at radius 3 is 2.30 bits per heavy atom. The van der Waals surface area contributed by atoms with E-state index in [1.54, 1.807) is 31.5 Å². The zero-order valence-electron chi connectivity index (χ0n) is 22.5. The van der Waals surface area contributed by atoms with Crippen molar-refractivity contribution in [1.82, 2.24) is 9.47 Å². The Hall–Kier alpha value is -3.78. The summed E-state index contributed by atoms with van der Waals surface area (Å²) < 4.78 is 21.8. The van der Waals surface area contributed by atoms with Crippen LogP contribution in [0.25, 0.3) is 20.7 Å². The van der Waals surface area contributed by atoms with Crippen LogP contribution in [-0.2, 0) is 19.6 Å². The highest BCUT2D eigenvalue weighted by Gasteiger charge is 2.23. The van der Waals surface area contributed by atoms with Crippen LogP contribution >= 0.6 is 23.7 Å². The van der Waals surface area contributed by atoms with E-state index in [-0.39, 0.29) is 41.5 Å². The molecule has 8 heteroatoms. The third-order valence-electron chi connectivity index (χ3n) is 6.76. The van der Waals surface area contributed by atoms with Gasteiger partial charge in [0, 0.05) is 29.7 Å². The van der Waals surface area contributed by atoms with Gasteiger partial charge >= 0.3 is 0 Å². The number of thiophene rings is 1. The number of Topliss-reactive ketones (excluding diaryl/α,β-unsaturated/α-hetero) is 1. The molecule has 0 radical (unpaired) electrons. The van der Waals surface area contributed by atoms with E-state index in [9.17, 15) is 14.0 Å². The fraction of sp³-hybridized carbons (Fsp3) is 0.188. The first-order valence-electron chi connectivity index (χ1n) is 12.7. The maximum atomic E-state index is 14.7. The van der Waals surface area contributed by atoms with E-state index >= 15 is 0 Å². The van der Waals surface area contributed by atoms with Gasteiger partial charge < -0.3 is 9.30 Å². The molecule has 40 heavy (non-hydrogen) atoms. The molecule has 0 N–H and O–H groups in total. The van der Waals surface area contributed by atoms with Gasteiger partial charge in [-0.05, 0) is 61.0 Å². The lowest BCUT2D eigenvalue weighted by Gasteiger charge is -2.18. The first kappa shape index (κ1) is 29.2. The lowest BCUT2D eigenvalue weighted by molar-refractivity contribution is 0.101. The minimum absolute atomic E-state index is 0. The number of carbonyl (C=O) groups is 1. The van der Waals surface area contributed by atoms with Crippen LogP contribution in [0.5, 0.6) is 5.75 Å². The minimum atomic E-state index is -0.330. The highest BCUT2D eigenvalue weighted by atomic mass is 35.5. The summed E-state index contributed by atoms with van der Waals surface area (Å²) in [7, 11) is 3.64. The summed E-state index contributed by atoms with van der Waals surface area (Å²) in [4.78, 5) is 30.2. The molecular formula is C32H30ClFN2O3S. The number of pyridine rings is 1. The third kappa shape index (κ3) is 6.02. The van der Waals surface area contributed by atoms with E-state index in [0.29, 0.717) is 28.9 Å². The molecule has 0 atom stereocenters. The maximum Gasteiger partial charge on any atom is 0.201 e. The average molecular weight is 577 g/mol. The summed E-state index contributed by atoms with van der Waals surface area (Å²) in [6, 6.07) is 24.4. The topological polar surface area (TPSA) is 51.5 Å². The van der Waals surface area contributed by atoms with Crippen molar-refractivity contribution in [1.29, 1.82) is 0 Å². The molecule has 0 aliphatic rings. The van der Waals surface area contributed by atoms with Gasteiger partial charge in [0.25, 0.3) is 0 Å². The zero-order valence-corrected chi connectivity index (χ0v) is 24.2. The number of halogens is 2. The summed E-state index contributed by atoms with van der Waals surface area (Å²) in [5, 5.41) is 0.509. The SMILES string of the molecule is COc1ccc(-c2sc3c(c2CN(C)Cc2ccccc2)c(=O)c(C(C)=O)cn3Cc2ccccc2F)cc1.Cl. The number of aromatic nitrogens is 1. The second-order valence-corrected chi connectivity index (χ2v) is 10.6. The molecule has 3 aromatic carbocycles. The summed E-state index contributed by atoms with van der Waals surface area (Å²) in [5.41, 5.74) is 3.26. The Kier molecular flexibility index (Phi) is 9.20. The third-order valence-corrected chi connectivity index (χ3v) is 8.08. The molecule has 0 spiro atoms. The fourth-order valence-corrected chi connectivity index (χ4v) is 6.11. The van der Waals surface area contributed by atoms with Gasteiger partial charge in [0.2, 0.25) is 5.43 Å². The molecule has 5 rings (SSSR count). The van der Waals surface area contributed by atoms with Gasteiger partial charge in [-0.2, -0.15) is 0 Å². The Balaban J connectivity index is 0.00000370. The average Bonchev–Trinajstić information content (AvgIpc) is 3.31. The molecule has 0 fully saturated rings. The Bertz CT molecular complexity index is 1700. The van der Waals surface area contributed by atoms with Gasteiger partial charge in [0.05, 0.1) is 24.6 Å². The van der Waals surface area contributed by atoms with E-state index in [2.05, 4.69) is 17.0 Å². The molecule has 5 aromatic rings. The van der Waals surface area contributed by atoms with Crippen molar-refractivity contribution in [3.05, 3.63) is 123 Å². The number of carbonyl (C=O) groups excluding carboxylic acids is 1. The van der Waals surface area contributed by atoms with Crippen LogP contribution in [-0.4, -0.2) is 29.4 Å². The first-order chi connectivity index (χ1) is 18.9. The zero-order chi connectivity index (χ0) is 27.5. The Morgan fingerprint density at radius 2 is 1.65 bits per heavy atom. The molecule has 0 saturated carbocycles. The number of rotatable bonds is 9. The minimum Gasteiger partial charge on any atom is -0.497 e. The van der Waals surface area contributed by atoms with Gasteiger partial charge in [0.15, 0.2) is 5.78 Å². The van der Waals surface area contributed by atoms with Gasteiger partial charge in [-0.15, -0.1) is 23.7 Å². The van der Waals surface area contributed by atoms with E-state index in [4.69, 9.17) is 4.74 Å². The van der Waals surface area contributed by atoms with Crippen molar-refractivity contribution >= 4 is 39.7 Å². The standard InChI is InChI=1S/C32H29FN2O3S.ClH/c1-21(36)26-20-35(18-24-11-7-8-12-28(24)33)32-29(30(26)37)27(19-34(2)17-22-9-5-4-6-10-22)31(39-32)23-13-15-25(38-3)16-14-23;/h4-16,20H,17-19H2,1-3H3;1H. The summed E-state index contributed by atoms with van der Waals surface area (Å²) in [6.07, 6.45) is 1.57. The summed E-state index contributed by atoms with van der Waals surface area (Å²) in [6.45, 7) is 2.78. The Morgan fingerprint density at radius 1 is 0.975 bits per heavy atom. The van der Waals surface area contributed by atoms with Crippen LogP contribution in [0.2, 0.25) is 0 Å². The largest absolute Gasteiger partial charge is 0.497 e. The predicted octanol–water partition coefficient (Wildman–Crippen LogP) is 7.18. The number of fused-ring (bicyclic) bond motifs is 1. The number of benzene rings is 3. The molecule has 2 aromatic heterocycles. The lowest BCUT2D eigenvalue weighted by Crippen LogP contribution is -2.21. The lowest BCUT2D eigenvalue weighted by atomic mass is 10.0. The monoisotopic (exact) mass is 576 g/mol. The van der Waals surface area contributed by atoms with E-state index < -0.39 is 0 Å². The number of ether oxygens (including phenoxy) is 1. The molecule has 0 amide bonds. The highest BCUT2D eigenvalue weighted by molar-refractivity contribution is 7.22. The maximum absolute atomic E-state index is 14.7. The fourth-order valence-electron chi connectivity index (χ4n) is 4.82. The van der Waals surface area contributed by atoms with Crippen molar-refractivity contribution in [2.45, 2.75) is 26.6 Å². The van der Waals surface area contributed by atoms with Crippen LogP contribution in [0, 0.1) is 5.82 Å². The molecule has 206 valence electrons. The molecule has 0 unspecified atom stereocenters. The van der Waals surface area contributed by atoms with Crippen molar-refractivity contribution in [2.75, 3.05) is 14.2 Å². The van der Waals surface area contributed by atoms with Gasteiger partial charge in [0.1, 0.15) is 16.4 Å². The molecule has 0 saturated heterocycles. The number of hydrogen-bond donors (Lipinski definition) is 0. The molecule has 0 bridgehead atoms. The van der Waals surface area contributed by atoms with Gasteiger partial charge in [-0.25, -0.2) is 4.39 Å². The van der Waals surface area contributed by atoms with Crippen LogP contribution in [0.15, 0.2) is 89.9 Å². The van der Waals surface area contributed by atoms with E-state index in [0.717, 1.165) is 27.3 Å². The predicted molar refractivity (Wildman–Crippen MR) is 162 cm³/mol. The van der Waals surface area contributed by atoms with Crippen molar-refractivity contribution in [2.24, 2.45) is 0 Å². The van der Waals surface area contributed by atoms with Crippen LogP contribution < -0.4 is 10.2 Å². The quantitative estimate of drug-likeness (QED) is 0.174. The highest BCUT2D eigenvalue weighted by Crippen LogP contribution is 2.39. The smallest absolute Gasteiger partial charge is 0.201 e. The molecule has 5 nitrogen and oxygen atoms in total. The molecule has 0 aliphatic heterocycles. The van der Waals surface area contributed by atoms with E-state index in [1.807, 2.05) is 54.1 Å². The number of ketones is 1. The number of hydrogen-bond acceptors (Lipinski definition) is 5. The molecule has 2 heterocycles. The normalized spacial score (nSPS) is 11.0. The molecular weight excluding hydrogens is 547 g/mol. The van der Waals surface area contributed by atoms with Crippen LogP contribution in [0.1, 0.15) is 34.0 Å². The second-order valence-electron chi connectivity index (χ2n) is 9.62. The Labute approximate surface area is 242 Å². The second kappa shape index (κ2) is 12.6. The summed E-state index contributed by atoms with van der Waals surface area (Å²) >= 11 is 1.49. The van der Waals surface area contributed by atoms with E-state index in [1.165, 1.54) is 24.3 Å². The number of nitrogens with zero attached hydrogens (tertiary/aromatic N) is 2. The van der Waals surface area contributed by atoms with Crippen LogP contribution in [0.3, 0.4) is 0 Å². The molecule has 0 aliphatic carbocycles. The van der Waals surface area contributed by atoms with Gasteiger partial charge in [-0.1, -0.05) is 48.5 Å². The summed E-state index contributed by atoms with van der Waals surface area (Å²) in [5.74, 6) is 0.0917. The number of methoxy groups -OCH3 is 1. The van der Waals surface area contributed by atoms with Crippen molar-refractivity contribution in [3.8, 4) is 16.2 Å². The van der Waals surface area contributed by atoms with Crippen LogP contribution in [0.4, 0.5) is 4.39 Å². The van der Waals surface area contributed by atoms with Crippen molar-refractivity contribution < 1.29 is 13.9 Å². The van der Waals surface area contributed by atoms with Gasteiger partial charge in [-0.3, -0.25) is 14.5 Å². The van der Waals surface area contributed by atoms with Crippen molar-refractivity contribution in [3.63, 3.8) is 0 Å².